The summed E-state index contributed by atoms with van der Waals surface area (Å²) in [7, 11) is -4.21. The average Bonchev–Trinajstić information content (AvgIpc) is 2.61. The molecule has 2 aliphatic rings. The Bertz CT molecular complexity index is 917. The number of hydrogen-bond donors (Lipinski definition) is 2. The molecule has 0 radical (unpaired) electrons. The van der Waals surface area contributed by atoms with Crippen molar-refractivity contribution in [3.63, 3.8) is 0 Å². The molecule has 0 bridgehead atoms. The van der Waals surface area contributed by atoms with E-state index in [4.69, 9.17) is 5.14 Å². The fraction of sp³-hybridized carbons (Fsp3) is 0.667. The zero-order valence-corrected chi connectivity index (χ0v) is 16.7. The molecule has 1 aromatic rings. The molecular weight excluding hydrogens is 433 g/mol. The molecule has 0 aliphatic heterocycles. The number of halogens is 5. The molecule has 2 fully saturated rings. The number of hydrogen-bond acceptors (Lipinski definition) is 4. The van der Waals surface area contributed by atoms with Crippen LogP contribution in [0.1, 0.15) is 44.9 Å². The van der Waals surface area contributed by atoms with Gasteiger partial charge in [0.1, 0.15) is 0 Å². The smallest absolute Gasteiger partial charge is 0.262 e. The van der Waals surface area contributed by atoms with Gasteiger partial charge >= 0.3 is 0 Å². The second-order valence-corrected chi connectivity index (χ2v) is 9.62. The van der Waals surface area contributed by atoms with Crippen molar-refractivity contribution < 1.29 is 35.2 Å². The van der Waals surface area contributed by atoms with Crippen molar-refractivity contribution in [3.8, 4) is 0 Å². The van der Waals surface area contributed by atoms with Gasteiger partial charge in [-0.25, -0.2) is 40.5 Å². The van der Waals surface area contributed by atoms with Crippen LogP contribution in [0.4, 0.5) is 27.6 Å². The SMILES string of the molecule is NS(=O)(=O)c1cc(NC(=O)[C@]2(F)CC(F)(F)CCC2C2CCC(F)(F)CC2)ccn1. The molecule has 1 aromatic heterocycles. The second-order valence-electron chi connectivity index (χ2n) is 8.12. The summed E-state index contributed by atoms with van der Waals surface area (Å²) in [4.78, 5) is 16.3. The van der Waals surface area contributed by atoms with Crippen LogP contribution in [0.5, 0.6) is 0 Å². The molecule has 0 aromatic carbocycles. The average molecular weight is 455 g/mol. The lowest BCUT2D eigenvalue weighted by atomic mass is 9.64. The van der Waals surface area contributed by atoms with Crippen LogP contribution in [-0.4, -0.2) is 36.8 Å². The number of sulfonamides is 1. The van der Waals surface area contributed by atoms with Crippen LogP contribution in [0.3, 0.4) is 0 Å². The zero-order chi connectivity index (χ0) is 22.4. The van der Waals surface area contributed by atoms with E-state index in [1.165, 1.54) is 0 Å². The van der Waals surface area contributed by atoms with Crippen LogP contribution in [-0.2, 0) is 14.8 Å². The minimum atomic E-state index is -4.21. The molecule has 1 amide bonds. The maximum Gasteiger partial charge on any atom is 0.262 e. The molecular formula is C18H22F5N3O3S. The van der Waals surface area contributed by atoms with E-state index >= 15 is 4.39 Å². The van der Waals surface area contributed by atoms with Crippen molar-refractivity contribution in [1.82, 2.24) is 4.98 Å². The van der Waals surface area contributed by atoms with Gasteiger partial charge in [-0.3, -0.25) is 4.79 Å². The van der Waals surface area contributed by atoms with E-state index in [2.05, 4.69) is 10.3 Å². The van der Waals surface area contributed by atoms with E-state index < -0.39 is 76.0 Å². The highest BCUT2D eigenvalue weighted by atomic mass is 32.2. The topological polar surface area (TPSA) is 102 Å². The number of carbonyl (C=O) groups is 1. The lowest BCUT2D eigenvalue weighted by molar-refractivity contribution is -0.162. The Hall–Kier alpha value is -1.82. The maximum absolute atomic E-state index is 15.9. The van der Waals surface area contributed by atoms with Gasteiger partial charge in [0.25, 0.3) is 21.9 Å². The first kappa shape index (κ1) is 22.9. The molecule has 3 N–H and O–H groups in total. The van der Waals surface area contributed by atoms with Crippen LogP contribution in [0.2, 0.25) is 0 Å². The molecule has 6 nitrogen and oxygen atoms in total. The Labute approximate surface area is 170 Å². The van der Waals surface area contributed by atoms with E-state index in [-0.39, 0.29) is 24.9 Å². The van der Waals surface area contributed by atoms with Gasteiger partial charge in [0.15, 0.2) is 10.7 Å². The van der Waals surface area contributed by atoms with Crippen molar-refractivity contribution in [2.75, 3.05) is 5.32 Å². The van der Waals surface area contributed by atoms with Gasteiger partial charge in [0, 0.05) is 43.1 Å². The minimum absolute atomic E-state index is 0.0625. The minimum Gasteiger partial charge on any atom is -0.323 e. The highest BCUT2D eigenvalue weighted by Gasteiger charge is 2.59. The van der Waals surface area contributed by atoms with Gasteiger partial charge in [0.05, 0.1) is 6.42 Å². The highest BCUT2D eigenvalue weighted by Crippen LogP contribution is 2.52. The normalized spacial score (nSPS) is 29.3. The summed E-state index contributed by atoms with van der Waals surface area (Å²) in [5.74, 6) is -9.44. The molecule has 168 valence electrons. The van der Waals surface area contributed by atoms with Gasteiger partial charge < -0.3 is 5.32 Å². The molecule has 0 saturated heterocycles. The number of rotatable bonds is 4. The van der Waals surface area contributed by atoms with E-state index in [1.807, 2.05) is 0 Å². The standard InChI is InChI=1S/C18H22F5N3O3S/c19-16(20)5-1-11(2-6-16)13-3-7-17(21,22)10-18(13,23)15(27)26-12-4-8-25-14(9-12)30(24,28)29/h4,8-9,11,13H,1-3,5-7,10H2,(H2,24,28,29)(H,25,26,27)/t13?,18-/m0/s1. The van der Waals surface area contributed by atoms with E-state index in [9.17, 15) is 30.8 Å². The Balaban J connectivity index is 1.85. The number of amides is 1. The summed E-state index contributed by atoms with van der Waals surface area (Å²) in [6.07, 6.45) is -2.39. The van der Waals surface area contributed by atoms with Gasteiger partial charge in [-0.05, 0) is 31.2 Å². The van der Waals surface area contributed by atoms with Crippen molar-refractivity contribution in [2.45, 2.75) is 67.5 Å². The van der Waals surface area contributed by atoms with Crippen LogP contribution >= 0.6 is 0 Å². The fourth-order valence-electron chi connectivity index (χ4n) is 4.39. The third-order valence-corrected chi connectivity index (χ3v) is 6.72. The van der Waals surface area contributed by atoms with Crippen molar-refractivity contribution in [3.05, 3.63) is 18.3 Å². The zero-order valence-electron chi connectivity index (χ0n) is 15.9. The summed E-state index contributed by atoms with van der Waals surface area (Å²) < 4.78 is 93.7. The van der Waals surface area contributed by atoms with Crippen LogP contribution < -0.4 is 10.5 Å². The first-order valence-electron chi connectivity index (χ1n) is 9.47. The third kappa shape index (κ3) is 4.90. The quantitative estimate of drug-likeness (QED) is 0.677. The fourth-order valence-corrected chi connectivity index (χ4v) is 4.89. The van der Waals surface area contributed by atoms with E-state index in [0.29, 0.717) is 0 Å². The summed E-state index contributed by atoms with van der Waals surface area (Å²) >= 11 is 0. The molecule has 1 heterocycles. The molecule has 2 saturated carbocycles. The predicted molar refractivity (Wildman–Crippen MR) is 97.3 cm³/mol. The molecule has 2 aliphatic carbocycles. The van der Waals surface area contributed by atoms with Crippen molar-refractivity contribution in [2.24, 2.45) is 17.0 Å². The monoisotopic (exact) mass is 455 g/mol. The first-order valence-corrected chi connectivity index (χ1v) is 11.0. The number of aromatic nitrogens is 1. The number of alkyl halides is 5. The molecule has 2 atom stereocenters. The number of carbonyl (C=O) groups excluding carboxylic acids is 1. The summed E-state index contributed by atoms with van der Waals surface area (Å²) in [5, 5.41) is 6.51. The number of nitrogens with two attached hydrogens (primary N) is 1. The largest absolute Gasteiger partial charge is 0.323 e. The molecule has 12 heteroatoms. The van der Waals surface area contributed by atoms with E-state index in [0.717, 1.165) is 18.3 Å². The summed E-state index contributed by atoms with van der Waals surface area (Å²) in [6.45, 7) is 0. The van der Waals surface area contributed by atoms with Gasteiger partial charge in [0.2, 0.25) is 5.92 Å². The van der Waals surface area contributed by atoms with Gasteiger partial charge in [-0.2, -0.15) is 0 Å². The van der Waals surface area contributed by atoms with Crippen LogP contribution in [0.25, 0.3) is 0 Å². The Morgan fingerprint density at radius 3 is 2.27 bits per heavy atom. The Morgan fingerprint density at radius 1 is 1.07 bits per heavy atom. The maximum atomic E-state index is 15.9. The van der Waals surface area contributed by atoms with Crippen LogP contribution in [0, 0.1) is 11.8 Å². The van der Waals surface area contributed by atoms with Crippen molar-refractivity contribution in [1.29, 1.82) is 0 Å². The lowest BCUT2D eigenvalue weighted by Crippen LogP contribution is -2.55. The number of nitrogens with one attached hydrogen (secondary N) is 1. The predicted octanol–water partition coefficient (Wildman–Crippen LogP) is 3.64. The highest BCUT2D eigenvalue weighted by molar-refractivity contribution is 7.89. The molecule has 3 rings (SSSR count). The molecule has 0 spiro atoms. The lowest BCUT2D eigenvalue weighted by Gasteiger charge is -2.45. The Morgan fingerprint density at radius 2 is 1.67 bits per heavy atom. The summed E-state index contributed by atoms with van der Waals surface area (Å²) in [5.41, 5.74) is -3.18. The van der Waals surface area contributed by atoms with Crippen LogP contribution in [0.15, 0.2) is 23.4 Å². The molecule has 1 unspecified atom stereocenters. The van der Waals surface area contributed by atoms with E-state index in [1.54, 1.807) is 0 Å². The van der Waals surface area contributed by atoms with Crippen molar-refractivity contribution >= 4 is 21.6 Å². The number of nitrogens with zero attached hydrogens (tertiary/aromatic N) is 1. The van der Waals surface area contributed by atoms with Gasteiger partial charge in [-0.1, -0.05) is 0 Å². The van der Waals surface area contributed by atoms with Gasteiger partial charge in [-0.15, -0.1) is 0 Å². The summed E-state index contributed by atoms with van der Waals surface area (Å²) in [6, 6.07) is 2.04. The molecule has 30 heavy (non-hydrogen) atoms. The number of pyridine rings is 1. The third-order valence-electron chi connectivity index (χ3n) is 5.92. The number of anilines is 1. The second kappa shape index (κ2) is 7.70. The first-order chi connectivity index (χ1) is 13.7. The number of primary sulfonamides is 1. The Kier molecular flexibility index (Phi) is 5.87.